The largest absolute Gasteiger partial charge is 0.361 e. The van der Waals surface area contributed by atoms with Gasteiger partial charge in [0.25, 0.3) is 5.91 Å². The summed E-state index contributed by atoms with van der Waals surface area (Å²) in [6, 6.07) is 14.1. The lowest BCUT2D eigenvalue weighted by Crippen LogP contribution is -2.18. The number of aromatic amines is 1. The summed E-state index contributed by atoms with van der Waals surface area (Å²) < 4.78 is 0. The number of hydrogen-bond donors (Lipinski definition) is 3. The number of carbonyl (C=O) groups excluding carboxylic acids is 1. The Morgan fingerprint density at radius 3 is 2.67 bits per heavy atom. The zero-order chi connectivity index (χ0) is 16.9. The van der Waals surface area contributed by atoms with Crippen molar-refractivity contribution in [1.29, 1.82) is 0 Å². The summed E-state index contributed by atoms with van der Waals surface area (Å²) in [7, 11) is 1.64. The van der Waals surface area contributed by atoms with Gasteiger partial charge in [-0.15, -0.1) is 0 Å². The first-order valence-electron chi connectivity index (χ1n) is 8.26. The van der Waals surface area contributed by atoms with E-state index < -0.39 is 0 Å². The number of aryl methyl sites for hydroxylation is 1. The Morgan fingerprint density at radius 1 is 1.12 bits per heavy atom. The Hall–Kier alpha value is -2.59. The zero-order valence-electron chi connectivity index (χ0n) is 14.1. The van der Waals surface area contributed by atoms with Crippen molar-refractivity contribution in [2.45, 2.75) is 19.9 Å². The number of amides is 1. The maximum atomic E-state index is 11.5. The second kappa shape index (κ2) is 7.32. The number of carbonyl (C=O) groups is 1. The predicted octanol–water partition coefficient (Wildman–Crippen LogP) is 3.17. The lowest BCUT2D eigenvalue weighted by molar-refractivity contribution is 0.0963. The first kappa shape index (κ1) is 16.3. The van der Waals surface area contributed by atoms with Gasteiger partial charge in [0.05, 0.1) is 0 Å². The van der Waals surface area contributed by atoms with Gasteiger partial charge in [-0.1, -0.05) is 24.3 Å². The molecular formula is C20H23N3O. The lowest BCUT2D eigenvalue weighted by Gasteiger charge is -2.06. The van der Waals surface area contributed by atoms with Gasteiger partial charge in [0.1, 0.15) is 0 Å². The fraction of sp³-hybridized carbons (Fsp3) is 0.250. The molecule has 24 heavy (non-hydrogen) atoms. The van der Waals surface area contributed by atoms with Gasteiger partial charge in [0.15, 0.2) is 0 Å². The van der Waals surface area contributed by atoms with Gasteiger partial charge in [0.2, 0.25) is 0 Å². The van der Waals surface area contributed by atoms with Crippen molar-refractivity contribution in [3.63, 3.8) is 0 Å². The van der Waals surface area contributed by atoms with Crippen LogP contribution in [0.4, 0.5) is 0 Å². The molecule has 0 atom stereocenters. The van der Waals surface area contributed by atoms with E-state index in [0.717, 1.165) is 19.5 Å². The molecule has 124 valence electrons. The van der Waals surface area contributed by atoms with Crippen LogP contribution < -0.4 is 10.6 Å². The molecular weight excluding hydrogens is 298 g/mol. The van der Waals surface area contributed by atoms with E-state index >= 15 is 0 Å². The van der Waals surface area contributed by atoms with Crippen LogP contribution in [0.3, 0.4) is 0 Å². The number of rotatable bonds is 6. The molecule has 0 fully saturated rings. The summed E-state index contributed by atoms with van der Waals surface area (Å²) in [5.41, 5.74) is 5.74. The number of nitrogens with one attached hydrogen (secondary N) is 3. The maximum Gasteiger partial charge on any atom is 0.251 e. The highest BCUT2D eigenvalue weighted by Gasteiger charge is 2.06. The molecule has 0 aliphatic heterocycles. The monoisotopic (exact) mass is 321 g/mol. The minimum absolute atomic E-state index is 0.0517. The van der Waals surface area contributed by atoms with Gasteiger partial charge < -0.3 is 15.6 Å². The van der Waals surface area contributed by atoms with Gasteiger partial charge in [0, 0.05) is 36.3 Å². The first-order valence-corrected chi connectivity index (χ1v) is 8.26. The Bertz CT molecular complexity index is 834. The molecule has 3 aromatic rings. The van der Waals surface area contributed by atoms with E-state index in [4.69, 9.17) is 0 Å². The van der Waals surface area contributed by atoms with Crippen LogP contribution in [-0.4, -0.2) is 24.5 Å². The summed E-state index contributed by atoms with van der Waals surface area (Å²) in [6.45, 7) is 3.87. The highest BCUT2D eigenvalue weighted by molar-refractivity contribution is 5.93. The molecule has 2 aromatic carbocycles. The Kier molecular flexibility index (Phi) is 4.96. The molecule has 1 aromatic heterocycles. The Labute approximate surface area is 142 Å². The summed E-state index contributed by atoms with van der Waals surface area (Å²) in [4.78, 5) is 14.9. The smallest absolute Gasteiger partial charge is 0.251 e. The van der Waals surface area contributed by atoms with Crippen LogP contribution in [0, 0.1) is 6.92 Å². The van der Waals surface area contributed by atoms with Crippen LogP contribution in [0.5, 0.6) is 0 Å². The maximum absolute atomic E-state index is 11.5. The van der Waals surface area contributed by atoms with E-state index in [0.29, 0.717) is 5.56 Å². The van der Waals surface area contributed by atoms with E-state index in [2.05, 4.69) is 46.9 Å². The summed E-state index contributed by atoms with van der Waals surface area (Å²) >= 11 is 0. The van der Waals surface area contributed by atoms with Crippen molar-refractivity contribution in [3.05, 3.63) is 70.9 Å². The quantitative estimate of drug-likeness (QED) is 0.611. The molecule has 4 heteroatoms. The normalized spacial score (nSPS) is 10.9. The SMILES string of the molecule is CNC(=O)c1ccc(CNCCc2c[nH]c3cccc(C)c23)cc1. The number of benzene rings is 2. The Morgan fingerprint density at radius 2 is 1.92 bits per heavy atom. The third-order valence-corrected chi connectivity index (χ3v) is 4.34. The molecule has 0 saturated carbocycles. The third kappa shape index (κ3) is 3.49. The van der Waals surface area contributed by atoms with E-state index in [-0.39, 0.29) is 5.91 Å². The molecule has 4 nitrogen and oxygen atoms in total. The standard InChI is InChI=1S/C20H23N3O/c1-14-4-3-5-18-19(14)17(13-23-18)10-11-22-12-15-6-8-16(9-7-15)20(24)21-2/h3-9,13,22-23H,10-12H2,1-2H3,(H,21,24). The Balaban J connectivity index is 1.54. The van der Waals surface area contributed by atoms with Gasteiger partial charge in [-0.05, 0) is 54.8 Å². The fourth-order valence-corrected chi connectivity index (χ4v) is 3.02. The molecule has 0 spiro atoms. The summed E-state index contributed by atoms with van der Waals surface area (Å²) in [5.74, 6) is -0.0517. The zero-order valence-corrected chi connectivity index (χ0v) is 14.1. The number of fused-ring (bicyclic) bond motifs is 1. The minimum Gasteiger partial charge on any atom is -0.361 e. The first-order chi connectivity index (χ1) is 11.7. The van der Waals surface area contributed by atoms with Crippen LogP contribution in [0.25, 0.3) is 10.9 Å². The topological polar surface area (TPSA) is 56.9 Å². The van der Waals surface area contributed by atoms with Gasteiger partial charge in [-0.25, -0.2) is 0 Å². The number of H-pyrrole nitrogens is 1. The molecule has 1 heterocycles. The van der Waals surface area contributed by atoms with Gasteiger partial charge in [-0.2, -0.15) is 0 Å². The van der Waals surface area contributed by atoms with Gasteiger partial charge >= 0.3 is 0 Å². The molecule has 3 N–H and O–H groups in total. The summed E-state index contributed by atoms with van der Waals surface area (Å²) in [6.07, 6.45) is 3.10. The van der Waals surface area contributed by atoms with Crippen LogP contribution in [0.2, 0.25) is 0 Å². The molecule has 0 saturated heterocycles. The minimum atomic E-state index is -0.0517. The van der Waals surface area contributed by atoms with Crippen LogP contribution >= 0.6 is 0 Å². The van der Waals surface area contributed by atoms with E-state index in [1.807, 2.05) is 24.3 Å². The van der Waals surface area contributed by atoms with Crippen molar-refractivity contribution in [1.82, 2.24) is 15.6 Å². The molecule has 0 radical (unpaired) electrons. The van der Waals surface area contributed by atoms with Crippen molar-refractivity contribution in [2.24, 2.45) is 0 Å². The molecule has 3 rings (SSSR count). The number of hydrogen-bond acceptors (Lipinski definition) is 2. The summed E-state index contributed by atoms with van der Waals surface area (Å²) in [5, 5.41) is 7.44. The highest BCUT2D eigenvalue weighted by atomic mass is 16.1. The van der Waals surface area contributed by atoms with E-state index in [1.165, 1.54) is 27.6 Å². The van der Waals surface area contributed by atoms with E-state index in [9.17, 15) is 4.79 Å². The van der Waals surface area contributed by atoms with Crippen LogP contribution in [0.15, 0.2) is 48.7 Å². The van der Waals surface area contributed by atoms with E-state index in [1.54, 1.807) is 7.05 Å². The van der Waals surface area contributed by atoms with Crippen molar-refractivity contribution >= 4 is 16.8 Å². The molecule has 1 amide bonds. The molecule has 0 unspecified atom stereocenters. The van der Waals surface area contributed by atoms with Crippen LogP contribution in [-0.2, 0) is 13.0 Å². The average molecular weight is 321 g/mol. The van der Waals surface area contributed by atoms with Crippen molar-refractivity contribution in [3.8, 4) is 0 Å². The molecule has 0 bridgehead atoms. The predicted molar refractivity (Wildman–Crippen MR) is 98.3 cm³/mol. The second-order valence-electron chi connectivity index (χ2n) is 6.01. The molecule has 0 aliphatic rings. The van der Waals surface area contributed by atoms with Gasteiger partial charge in [-0.3, -0.25) is 4.79 Å². The average Bonchev–Trinajstić information content (AvgIpc) is 3.03. The highest BCUT2D eigenvalue weighted by Crippen LogP contribution is 2.22. The van der Waals surface area contributed by atoms with Crippen molar-refractivity contribution < 1.29 is 4.79 Å². The lowest BCUT2D eigenvalue weighted by atomic mass is 10.1. The third-order valence-electron chi connectivity index (χ3n) is 4.34. The van der Waals surface area contributed by atoms with Crippen molar-refractivity contribution in [2.75, 3.05) is 13.6 Å². The fourth-order valence-electron chi connectivity index (χ4n) is 3.02. The molecule has 0 aliphatic carbocycles. The second-order valence-corrected chi connectivity index (χ2v) is 6.01. The van der Waals surface area contributed by atoms with Crippen LogP contribution in [0.1, 0.15) is 27.0 Å². The number of aromatic nitrogens is 1.